The van der Waals surface area contributed by atoms with Crippen LogP contribution >= 0.6 is 0 Å². The van der Waals surface area contributed by atoms with E-state index in [1.54, 1.807) is 13.8 Å². The normalized spacial score (nSPS) is 23.3. The maximum absolute atomic E-state index is 12.0. The van der Waals surface area contributed by atoms with Gasteiger partial charge in [-0.05, 0) is 39.8 Å². The molecule has 1 aromatic carbocycles. The summed E-state index contributed by atoms with van der Waals surface area (Å²) in [5.41, 5.74) is -0.658. The van der Waals surface area contributed by atoms with Gasteiger partial charge in [0.15, 0.2) is 11.3 Å². The number of anilines is 1. The quantitative estimate of drug-likeness (QED) is 0.894. The number of aliphatic hydroxyl groups is 1. The van der Waals surface area contributed by atoms with E-state index < -0.39 is 17.4 Å². The number of carbonyl (C=O) groups excluding carboxylic acids is 2. The number of cyclic esters (lactones) is 1. The SMILES string of the molecule is Cc1ccc(NC(=O)CCN2C(=O)OC(C)(C)C2(C)O)cc1. The van der Waals surface area contributed by atoms with Crippen LogP contribution in [0.1, 0.15) is 32.8 Å². The minimum atomic E-state index is -1.45. The van der Waals surface area contributed by atoms with Gasteiger partial charge < -0.3 is 15.2 Å². The summed E-state index contributed by atoms with van der Waals surface area (Å²) in [5.74, 6) is -0.225. The predicted molar refractivity (Wildman–Crippen MR) is 82.3 cm³/mol. The van der Waals surface area contributed by atoms with Crippen molar-refractivity contribution in [3.8, 4) is 0 Å². The van der Waals surface area contributed by atoms with Gasteiger partial charge in [0.25, 0.3) is 0 Å². The Morgan fingerprint density at radius 2 is 1.86 bits per heavy atom. The molecule has 2 N–H and O–H groups in total. The smallest absolute Gasteiger partial charge is 0.412 e. The summed E-state index contributed by atoms with van der Waals surface area (Å²) in [6, 6.07) is 7.44. The van der Waals surface area contributed by atoms with E-state index in [2.05, 4.69) is 5.32 Å². The van der Waals surface area contributed by atoms with Crippen molar-refractivity contribution >= 4 is 17.7 Å². The highest BCUT2D eigenvalue weighted by molar-refractivity contribution is 5.91. The van der Waals surface area contributed by atoms with E-state index in [-0.39, 0.29) is 18.9 Å². The Kier molecular flexibility index (Phi) is 4.15. The fraction of sp³-hybridized carbons (Fsp3) is 0.500. The first-order valence-electron chi connectivity index (χ1n) is 7.23. The van der Waals surface area contributed by atoms with Gasteiger partial charge >= 0.3 is 6.09 Å². The Balaban J connectivity index is 1.94. The van der Waals surface area contributed by atoms with Crippen molar-refractivity contribution < 1.29 is 19.4 Å². The van der Waals surface area contributed by atoms with Gasteiger partial charge in [-0.1, -0.05) is 17.7 Å². The third-order valence-electron chi connectivity index (χ3n) is 4.13. The molecule has 1 aliphatic heterocycles. The third kappa shape index (κ3) is 3.06. The molecule has 22 heavy (non-hydrogen) atoms. The van der Waals surface area contributed by atoms with Crippen LogP contribution in [0.15, 0.2) is 24.3 Å². The molecule has 6 heteroatoms. The molecule has 1 unspecified atom stereocenters. The molecule has 0 radical (unpaired) electrons. The van der Waals surface area contributed by atoms with E-state index in [0.29, 0.717) is 5.69 Å². The number of nitrogens with zero attached hydrogens (tertiary/aromatic N) is 1. The summed E-state index contributed by atoms with van der Waals surface area (Å²) in [6.07, 6.45) is -0.534. The van der Waals surface area contributed by atoms with Crippen molar-refractivity contribution in [1.29, 1.82) is 0 Å². The highest BCUT2D eigenvalue weighted by atomic mass is 16.6. The summed E-state index contributed by atoms with van der Waals surface area (Å²) < 4.78 is 5.15. The van der Waals surface area contributed by atoms with Gasteiger partial charge in [0.1, 0.15) is 0 Å². The lowest BCUT2D eigenvalue weighted by Crippen LogP contribution is -2.54. The lowest BCUT2D eigenvalue weighted by Gasteiger charge is -2.34. The van der Waals surface area contributed by atoms with Crippen LogP contribution in [-0.2, 0) is 9.53 Å². The average Bonchev–Trinajstić information content (AvgIpc) is 2.55. The second-order valence-electron chi connectivity index (χ2n) is 6.21. The molecule has 0 bridgehead atoms. The molecule has 120 valence electrons. The summed E-state index contributed by atoms with van der Waals surface area (Å²) >= 11 is 0. The van der Waals surface area contributed by atoms with E-state index in [1.165, 1.54) is 11.8 Å². The van der Waals surface area contributed by atoms with E-state index in [0.717, 1.165) is 5.56 Å². The minimum absolute atomic E-state index is 0.0786. The second kappa shape index (κ2) is 5.61. The monoisotopic (exact) mass is 306 g/mol. The van der Waals surface area contributed by atoms with Crippen molar-refractivity contribution in [2.45, 2.75) is 45.4 Å². The number of hydrogen-bond acceptors (Lipinski definition) is 4. The first kappa shape index (κ1) is 16.3. The van der Waals surface area contributed by atoms with E-state index in [9.17, 15) is 14.7 Å². The van der Waals surface area contributed by atoms with Crippen molar-refractivity contribution in [1.82, 2.24) is 4.90 Å². The molecule has 0 aromatic heterocycles. The molecule has 0 spiro atoms. The summed E-state index contributed by atoms with van der Waals surface area (Å²) in [6.45, 7) is 6.84. The van der Waals surface area contributed by atoms with E-state index in [1.807, 2.05) is 31.2 Å². The standard InChI is InChI=1S/C16H22N2O4/c1-11-5-7-12(8-6-11)17-13(19)9-10-18-14(20)22-15(2,3)16(18,4)21/h5-8,21H,9-10H2,1-4H3,(H,17,19). The lowest BCUT2D eigenvalue weighted by molar-refractivity contribution is -0.130. The third-order valence-corrected chi connectivity index (χ3v) is 4.13. The van der Waals surface area contributed by atoms with Gasteiger partial charge in [0.05, 0.1) is 0 Å². The van der Waals surface area contributed by atoms with E-state index in [4.69, 9.17) is 4.74 Å². The Bertz CT molecular complexity index is 578. The first-order chi connectivity index (χ1) is 10.1. The average molecular weight is 306 g/mol. The highest BCUT2D eigenvalue weighted by Gasteiger charge is 2.56. The first-order valence-corrected chi connectivity index (χ1v) is 7.23. The molecule has 1 aliphatic rings. The summed E-state index contributed by atoms with van der Waals surface area (Å²) in [5, 5.41) is 13.2. The molecule has 0 saturated carbocycles. The molecule has 6 nitrogen and oxygen atoms in total. The topological polar surface area (TPSA) is 78.9 Å². The zero-order valence-corrected chi connectivity index (χ0v) is 13.3. The van der Waals surface area contributed by atoms with Crippen LogP contribution in [0.3, 0.4) is 0 Å². The molecule has 2 amide bonds. The fourth-order valence-corrected chi connectivity index (χ4v) is 2.26. The van der Waals surface area contributed by atoms with Crippen molar-refractivity contribution in [2.24, 2.45) is 0 Å². The zero-order valence-electron chi connectivity index (χ0n) is 13.3. The number of nitrogens with one attached hydrogen (secondary N) is 1. The lowest BCUT2D eigenvalue weighted by atomic mass is 9.96. The summed E-state index contributed by atoms with van der Waals surface area (Å²) in [4.78, 5) is 25.0. The Labute approximate surface area is 130 Å². The van der Waals surface area contributed by atoms with Crippen LogP contribution in [0.5, 0.6) is 0 Å². The van der Waals surface area contributed by atoms with E-state index >= 15 is 0 Å². The van der Waals surface area contributed by atoms with Crippen molar-refractivity contribution in [2.75, 3.05) is 11.9 Å². The van der Waals surface area contributed by atoms with Crippen LogP contribution < -0.4 is 5.32 Å². The van der Waals surface area contributed by atoms with Gasteiger partial charge in [0.2, 0.25) is 5.91 Å². The molecular formula is C16H22N2O4. The number of amides is 2. The molecule has 1 atom stereocenters. The Hall–Kier alpha value is -2.08. The van der Waals surface area contributed by atoms with Gasteiger partial charge in [-0.25, -0.2) is 4.79 Å². The van der Waals surface area contributed by atoms with Crippen molar-refractivity contribution in [3.63, 3.8) is 0 Å². The van der Waals surface area contributed by atoms with Gasteiger partial charge in [0, 0.05) is 18.7 Å². The largest absolute Gasteiger partial charge is 0.438 e. The Morgan fingerprint density at radius 1 is 1.27 bits per heavy atom. The fourth-order valence-electron chi connectivity index (χ4n) is 2.26. The van der Waals surface area contributed by atoms with Crippen LogP contribution in [0.2, 0.25) is 0 Å². The molecule has 1 aromatic rings. The van der Waals surface area contributed by atoms with Gasteiger partial charge in [-0.15, -0.1) is 0 Å². The molecular weight excluding hydrogens is 284 g/mol. The molecule has 0 aliphatic carbocycles. The maximum Gasteiger partial charge on any atom is 0.412 e. The minimum Gasteiger partial charge on any atom is -0.438 e. The van der Waals surface area contributed by atoms with Crippen LogP contribution in [-0.4, -0.2) is 39.9 Å². The number of hydrogen-bond donors (Lipinski definition) is 2. The maximum atomic E-state index is 12.0. The number of ether oxygens (including phenoxy) is 1. The highest BCUT2D eigenvalue weighted by Crippen LogP contribution is 2.36. The van der Waals surface area contributed by atoms with Crippen molar-refractivity contribution in [3.05, 3.63) is 29.8 Å². The van der Waals surface area contributed by atoms with Gasteiger partial charge in [-0.2, -0.15) is 0 Å². The molecule has 1 saturated heterocycles. The molecule has 2 rings (SSSR count). The summed E-state index contributed by atoms with van der Waals surface area (Å²) in [7, 11) is 0. The number of aryl methyl sites for hydroxylation is 1. The number of benzene rings is 1. The van der Waals surface area contributed by atoms with Gasteiger partial charge in [-0.3, -0.25) is 9.69 Å². The van der Waals surface area contributed by atoms with Crippen LogP contribution in [0.25, 0.3) is 0 Å². The Morgan fingerprint density at radius 3 is 2.36 bits per heavy atom. The number of carbonyl (C=O) groups is 2. The molecule has 1 heterocycles. The van der Waals surface area contributed by atoms with Crippen LogP contribution in [0, 0.1) is 6.92 Å². The predicted octanol–water partition coefficient (Wildman–Crippen LogP) is 2.26. The van der Waals surface area contributed by atoms with Crippen LogP contribution in [0.4, 0.5) is 10.5 Å². The number of rotatable bonds is 4. The molecule has 1 fully saturated rings. The second-order valence-corrected chi connectivity index (χ2v) is 6.21. The zero-order chi connectivity index (χ0) is 16.5.